The first-order chi connectivity index (χ1) is 10.3. The number of carbonyl (C=O) groups is 1. The molecule has 0 spiro atoms. The van der Waals surface area contributed by atoms with Crippen molar-refractivity contribution in [1.29, 1.82) is 0 Å². The molecule has 1 amide bonds. The molecule has 1 aromatic rings. The number of hydrogen-bond acceptors (Lipinski definition) is 6. The van der Waals surface area contributed by atoms with Gasteiger partial charge in [0.25, 0.3) is 0 Å². The molecule has 22 heavy (non-hydrogen) atoms. The van der Waals surface area contributed by atoms with Crippen molar-refractivity contribution in [2.24, 2.45) is 0 Å². The van der Waals surface area contributed by atoms with E-state index in [0.29, 0.717) is 18.1 Å². The minimum Gasteiger partial charge on any atom is -0.444 e. The van der Waals surface area contributed by atoms with E-state index in [0.717, 1.165) is 6.42 Å². The maximum Gasteiger partial charge on any atom is 0.410 e. The molecule has 1 aliphatic heterocycles. The predicted molar refractivity (Wildman–Crippen MR) is 83.0 cm³/mol. The molecular formula is C14H19N3O4S. The van der Waals surface area contributed by atoms with Gasteiger partial charge < -0.3 is 9.64 Å². The lowest BCUT2D eigenvalue weighted by Crippen LogP contribution is -2.35. The van der Waals surface area contributed by atoms with Crippen molar-refractivity contribution < 1.29 is 14.5 Å². The number of hydrogen-bond donors (Lipinski definition) is 0. The normalized spacial score (nSPS) is 18.3. The largest absolute Gasteiger partial charge is 0.444 e. The molecule has 2 heterocycles. The molecule has 2 rings (SSSR count). The second-order valence-electron chi connectivity index (χ2n) is 6.04. The number of carbonyl (C=O) groups excluding carboxylic acids is 1. The molecule has 1 aromatic heterocycles. The molecule has 1 aliphatic rings. The third-order valence-corrected chi connectivity index (χ3v) is 4.28. The lowest BCUT2D eigenvalue weighted by Gasteiger charge is -2.24. The molecule has 7 nitrogen and oxygen atoms in total. The second kappa shape index (κ2) is 6.51. The number of ether oxygens (including phenoxy) is 1. The number of amides is 1. The van der Waals surface area contributed by atoms with E-state index in [1.807, 2.05) is 20.8 Å². The maximum absolute atomic E-state index is 12.0. The smallest absolute Gasteiger partial charge is 0.410 e. The highest BCUT2D eigenvalue weighted by Gasteiger charge is 2.31. The summed E-state index contributed by atoms with van der Waals surface area (Å²) in [6.45, 7) is 6.57. The van der Waals surface area contributed by atoms with Crippen LogP contribution in [0.25, 0.3) is 0 Å². The van der Waals surface area contributed by atoms with Crippen LogP contribution in [0.15, 0.2) is 23.4 Å². The van der Waals surface area contributed by atoms with E-state index in [-0.39, 0.29) is 17.0 Å². The Morgan fingerprint density at radius 2 is 2.27 bits per heavy atom. The van der Waals surface area contributed by atoms with E-state index in [1.54, 1.807) is 11.0 Å². The van der Waals surface area contributed by atoms with Crippen molar-refractivity contribution in [3.05, 3.63) is 28.4 Å². The summed E-state index contributed by atoms with van der Waals surface area (Å²) in [5, 5.41) is 11.5. The highest BCUT2D eigenvalue weighted by atomic mass is 32.2. The monoisotopic (exact) mass is 325 g/mol. The summed E-state index contributed by atoms with van der Waals surface area (Å²) in [7, 11) is 0. The van der Waals surface area contributed by atoms with Crippen molar-refractivity contribution in [3.63, 3.8) is 0 Å². The minimum absolute atomic E-state index is 0.00298. The Bertz CT molecular complexity index is 573. The summed E-state index contributed by atoms with van der Waals surface area (Å²) in [5.74, 6) is 0. The predicted octanol–water partition coefficient (Wildman–Crippen LogP) is 3.09. The van der Waals surface area contributed by atoms with Crippen molar-refractivity contribution in [2.75, 3.05) is 13.1 Å². The lowest BCUT2D eigenvalue weighted by molar-refractivity contribution is -0.388. The molecule has 0 aliphatic carbocycles. The van der Waals surface area contributed by atoms with E-state index in [9.17, 15) is 14.9 Å². The molecule has 0 N–H and O–H groups in total. The molecule has 1 atom stereocenters. The fourth-order valence-electron chi connectivity index (χ4n) is 2.09. The topological polar surface area (TPSA) is 85.6 Å². The van der Waals surface area contributed by atoms with Gasteiger partial charge in [0.15, 0.2) is 5.03 Å². The zero-order valence-corrected chi connectivity index (χ0v) is 13.6. The standard InChI is InChI=1S/C14H19N3O4S/c1-14(2,3)21-13(18)16-8-6-10(9-16)22-12-11(17(19)20)5-4-7-15-12/h4-5,7,10H,6,8-9H2,1-3H3/t10-/m0/s1. The summed E-state index contributed by atoms with van der Waals surface area (Å²) in [4.78, 5) is 28.3. The highest BCUT2D eigenvalue weighted by molar-refractivity contribution is 8.00. The summed E-state index contributed by atoms with van der Waals surface area (Å²) in [6, 6.07) is 2.99. The van der Waals surface area contributed by atoms with Crippen LogP contribution in [0.5, 0.6) is 0 Å². The van der Waals surface area contributed by atoms with E-state index in [4.69, 9.17) is 4.74 Å². The maximum atomic E-state index is 12.0. The zero-order chi connectivity index (χ0) is 16.3. The van der Waals surface area contributed by atoms with Crippen LogP contribution in [-0.2, 0) is 4.74 Å². The van der Waals surface area contributed by atoms with Crippen molar-refractivity contribution in [2.45, 2.75) is 43.1 Å². The number of pyridine rings is 1. The number of nitro groups is 1. The van der Waals surface area contributed by atoms with Gasteiger partial charge in [-0.05, 0) is 33.3 Å². The minimum atomic E-state index is -0.526. The molecule has 0 bridgehead atoms. The summed E-state index contributed by atoms with van der Waals surface area (Å²) in [6.07, 6.45) is 1.96. The van der Waals surface area contributed by atoms with Gasteiger partial charge >= 0.3 is 11.8 Å². The number of nitrogens with zero attached hydrogens (tertiary/aromatic N) is 3. The van der Waals surface area contributed by atoms with Crippen LogP contribution in [0.4, 0.5) is 10.5 Å². The molecule has 0 radical (unpaired) electrons. The Morgan fingerprint density at radius 3 is 2.91 bits per heavy atom. The zero-order valence-electron chi connectivity index (χ0n) is 12.8. The molecule has 0 unspecified atom stereocenters. The third-order valence-electron chi connectivity index (χ3n) is 3.02. The molecule has 0 aromatic carbocycles. The molecule has 1 fully saturated rings. The summed E-state index contributed by atoms with van der Waals surface area (Å²) < 4.78 is 5.34. The summed E-state index contributed by atoms with van der Waals surface area (Å²) in [5.41, 5.74) is -0.523. The molecule has 120 valence electrons. The Morgan fingerprint density at radius 1 is 1.55 bits per heavy atom. The van der Waals surface area contributed by atoms with Crippen LogP contribution in [-0.4, -0.2) is 44.8 Å². The van der Waals surface area contributed by atoms with Gasteiger partial charge in [-0.15, -0.1) is 0 Å². The van der Waals surface area contributed by atoms with Crippen molar-refractivity contribution in [1.82, 2.24) is 9.88 Å². The fraction of sp³-hybridized carbons (Fsp3) is 0.571. The number of aromatic nitrogens is 1. The molecule has 8 heteroatoms. The van der Waals surface area contributed by atoms with Gasteiger partial charge in [-0.2, -0.15) is 0 Å². The van der Waals surface area contributed by atoms with Crippen LogP contribution in [0.2, 0.25) is 0 Å². The first kappa shape index (κ1) is 16.5. The van der Waals surface area contributed by atoms with Crippen LogP contribution < -0.4 is 0 Å². The van der Waals surface area contributed by atoms with Gasteiger partial charge in [0.2, 0.25) is 0 Å². The van der Waals surface area contributed by atoms with Crippen LogP contribution in [0, 0.1) is 10.1 Å². The fourth-order valence-corrected chi connectivity index (χ4v) is 3.27. The first-order valence-electron chi connectivity index (χ1n) is 7.00. The Hall–Kier alpha value is -1.83. The van der Waals surface area contributed by atoms with Gasteiger partial charge in [0.1, 0.15) is 5.60 Å². The molecular weight excluding hydrogens is 306 g/mol. The van der Waals surface area contributed by atoms with Gasteiger partial charge in [-0.3, -0.25) is 10.1 Å². The first-order valence-corrected chi connectivity index (χ1v) is 7.88. The van der Waals surface area contributed by atoms with Crippen LogP contribution in [0.1, 0.15) is 27.2 Å². The Labute approximate surface area is 133 Å². The van der Waals surface area contributed by atoms with Gasteiger partial charge in [0.05, 0.1) is 4.92 Å². The van der Waals surface area contributed by atoms with E-state index < -0.39 is 10.5 Å². The van der Waals surface area contributed by atoms with Gasteiger partial charge in [-0.1, -0.05) is 11.8 Å². The average Bonchev–Trinajstić information content (AvgIpc) is 2.86. The van der Waals surface area contributed by atoms with Gasteiger partial charge in [0, 0.05) is 30.6 Å². The molecule has 1 saturated heterocycles. The quantitative estimate of drug-likeness (QED) is 0.627. The van der Waals surface area contributed by atoms with Crippen LogP contribution >= 0.6 is 11.8 Å². The number of thioether (sulfide) groups is 1. The molecule has 0 saturated carbocycles. The summed E-state index contributed by atoms with van der Waals surface area (Å²) >= 11 is 1.34. The SMILES string of the molecule is CC(C)(C)OC(=O)N1CC[C@H](Sc2ncccc2[N+](=O)[O-])C1. The Kier molecular flexibility index (Phi) is 4.90. The second-order valence-corrected chi connectivity index (χ2v) is 7.33. The van der Waals surface area contributed by atoms with Crippen molar-refractivity contribution in [3.8, 4) is 0 Å². The highest BCUT2D eigenvalue weighted by Crippen LogP contribution is 2.34. The average molecular weight is 325 g/mol. The van der Waals surface area contributed by atoms with Crippen molar-refractivity contribution >= 4 is 23.5 Å². The number of rotatable bonds is 3. The Balaban J connectivity index is 1.97. The lowest BCUT2D eigenvalue weighted by atomic mass is 10.2. The van der Waals surface area contributed by atoms with E-state index in [2.05, 4.69) is 4.98 Å². The van der Waals surface area contributed by atoms with E-state index in [1.165, 1.54) is 24.0 Å². The van der Waals surface area contributed by atoms with Gasteiger partial charge in [-0.25, -0.2) is 9.78 Å². The van der Waals surface area contributed by atoms with Crippen LogP contribution in [0.3, 0.4) is 0 Å². The van der Waals surface area contributed by atoms with E-state index >= 15 is 0 Å². The number of likely N-dealkylation sites (tertiary alicyclic amines) is 1. The third kappa shape index (κ3) is 4.33.